The Labute approximate surface area is 189 Å². The third-order valence-corrected chi connectivity index (χ3v) is 5.92. The zero-order valence-electron chi connectivity index (χ0n) is 19.3. The summed E-state index contributed by atoms with van der Waals surface area (Å²) in [5.41, 5.74) is 3.08. The summed E-state index contributed by atoms with van der Waals surface area (Å²) in [6.45, 7) is 7.89. The first kappa shape index (κ1) is 22.3. The van der Waals surface area contributed by atoms with Gasteiger partial charge in [-0.2, -0.15) is 9.61 Å². The van der Waals surface area contributed by atoms with Gasteiger partial charge in [0.25, 0.3) is 0 Å². The van der Waals surface area contributed by atoms with Gasteiger partial charge >= 0.3 is 0 Å². The van der Waals surface area contributed by atoms with E-state index in [0.29, 0.717) is 18.5 Å². The van der Waals surface area contributed by atoms with Gasteiger partial charge in [-0.15, -0.1) is 0 Å². The summed E-state index contributed by atoms with van der Waals surface area (Å²) < 4.78 is 7.53. The van der Waals surface area contributed by atoms with E-state index >= 15 is 0 Å². The van der Waals surface area contributed by atoms with E-state index in [2.05, 4.69) is 33.3 Å². The number of rotatable bonds is 9. The molecule has 1 aliphatic rings. The van der Waals surface area contributed by atoms with Gasteiger partial charge in [-0.3, -0.25) is 0 Å². The standard InChI is InChI=1S/C24H34N6O2/c1-4-19-16-27-30-21(25-14-18-8-9-23(26-15-18)32-17(2)3)13-22(28-24(19)30)29-11-6-5-7-20(29)10-12-31/h8-9,13,15-17,20,25,31H,4-7,10-12,14H2,1-3H3/t20-/m0/s1. The lowest BCUT2D eigenvalue weighted by Gasteiger charge is -2.36. The number of aliphatic hydroxyl groups excluding tert-OH is 1. The van der Waals surface area contributed by atoms with Crippen LogP contribution in [-0.2, 0) is 13.0 Å². The van der Waals surface area contributed by atoms with E-state index in [1.165, 1.54) is 6.42 Å². The highest BCUT2D eigenvalue weighted by Gasteiger charge is 2.24. The van der Waals surface area contributed by atoms with E-state index < -0.39 is 0 Å². The van der Waals surface area contributed by atoms with Gasteiger partial charge in [0, 0.05) is 49.6 Å². The van der Waals surface area contributed by atoms with Crippen molar-refractivity contribution < 1.29 is 9.84 Å². The smallest absolute Gasteiger partial charge is 0.213 e. The van der Waals surface area contributed by atoms with Crippen molar-refractivity contribution in [3.05, 3.63) is 41.7 Å². The van der Waals surface area contributed by atoms with Crippen molar-refractivity contribution in [1.82, 2.24) is 19.6 Å². The molecule has 3 aromatic heterocycles. The molecule has 0 saturated carbocycles. The van der Waals surface area contributed by atoms with Crippen LogP contribution in [0.15, 0.2) is 30.6 Å². The minimum Gasteiger partial charge on any atom is -0.475 e. The van der Waals surface area contributed by atoms with E-state index in [-0.39, 0.29) is 12.7 Å². The zero-order valence-corrected chi connectivity index (χ0v) is 19.3. The number of aromatic nitrogens is 4. The van der Waals surface area contributed by atoms with Crippen molar-refractivity contribution in [2.45, 2.75) is 71.6 Å². The SMILES string of the molecule is CCc1cnn2c(NCc3ccc(OC(C)C)nc3)cc(N3CCCC[C@H]3CCO)nc12. The summed E-state index contributed by atoms with van der Waals surface area (Å²) in [5, 5.41) is 17.7. The Hall–Kier alpha value is -2.87. The van der Waals surface area contributed by atoms with Gasteiger partial charge < -0.3 is 20.1 Å². The fourth-order valence-electron chi connectivity index (χ4n) is 4.29. The van der Waals surface area contributed by atoms with Crippen LogP contribution < -0.4 is 15.0 Å². The number of hydrogen-bond acceptors (Lipinski definition) is 7. The van der Waals surface area contributed by atoms with Gasteiger partial charge in [0.15, 0.2) is 5.65 Å². The van der Waals surface area contributed by atoms with Crippen molar-refractivity contribution in [3.63, 3.8) is 0 Å². The van der Waals surface area contributed by atoms with Crippen molar-refractivity contribution in [3.8, 4) is 5.88 Å². The van der Waals surface area contributed by atoms with Crippen LogP contribution in [0.3, 0.4) is 0 Å². The number of hydrogen-bond donors (Lipinski definition) is 2. The average molecular weight is 439 g/mol. The van der Waals surface area contributed by atoms with Crippen molar-refractivity contribution in [2.24, 2.45) is 0 Å². The Morgan fingerprint density at radius 1 is 1.25 bits per heavy atom. The zero-order chi connectivity index (χ0) is 22.5. The topological polar surface area (TPSA) is 87.8 Å². The molecule has 0 spiro atoms. The highest BCUT2D eigenvalue weighted by molar-refractivity contribution is 5.61. The predicted octanol–water partition coefficient (Wildman–Crippen LogP) is 3.83. The van der Waals surface area contributed by atoms with Crippen molar-refractivity contribution >= 4 is 17.3 Å². The number of ether oxygens (including phenoxy) is 1. The molecule has 0 bridgehead atoms. The van der Waals surface area contributed by atoms with Crippen LogP contribution in [0.2, 0.25) is 0 Å². The number of anilines is 2. The van der Waals surface area contributed by atoms with Crippen LogP contribution in [0.1, 0.15) is 57.6 Å². The maximum absolute atomic E-state index is 9.55. The summed E-state index contributed by atoms with van der Waals surface area (Å²) in [5.74, 6) is 2.49. The lowest BCUT2D eigenvalue weighted by Crippen LogP contribution is -2.40. The molecule has 0 unspecified atom stereocenters. The van der Waals surface area contributed by atoms with Crippen LogP contribution in [0.4, 0.5) is 11.6 Å². The Balaban J connectivity index is 1.60. The van der Waals surface area contributed by atoms with Crippen LogP contribution >= 0.6 is 0 Å². The third-order valence-electron chi connectivity index (χ3n) is 5.92. The lowest BCUT2D eigenvalue weighted by atomic mass is 9.99. The number of pyridine rings is 1. The number of piperidine rings is 1. The molecule has 32 heavy (non-hydrogen) atoms. The summed E-state index contributed by atoms with van der Waals surface area (Å²) in [6, 6.07) is 6.33. The van der Waals surface area contributed by atoms with Gasteiger partial charge in [0.1, 0.15) is 11.6 Å². The van der Waals surface area contributed by atoms with Crippen LogP contribution in [-0.4, -0.2) is 50.0 Å². The van der Waals surface area contributed by atoms with Gasteiger partial charge in [0.05, 0.1) is 12.3 Å². The maximum atomic E-state index is 9.55. The molecule has 1 atom stereocenters. The summed E-state index contributed by atoms with van der Waals surface area (Å²) in [6.07, 6.45) is 8.93. The highest BCUT2D eigenvalue weighted by Crippen LogP contribution is 2.29. The number of nitrogens with one attached hydrogen (secondary N) is 1. The van der Waals surface area contributed by atoms with E-state index in [0.717, 1.165) is 60.6 Å². The van der Waals surface area contributed by atoms with E-state index in [1.807, 2.05) is 42.9 Å². The second kappa shape index (κ2) is 10.2. The summed E-state index contributed by atoms with van der Waals surface area (Å²) >= 11 is 0. The minimum atomic E-state index is 0.104. The Bertz CT molecular complexity index is 1020. The number of fused-ring (bicyclic) bond motifs is 1. The van der Waals surface area contributed by atoms with Crippen LogP contribution in [0, 0.1) is 0 Å². The monoisotopic (exact) mass is 438 g/mol. The molecular formula is C24H34N6O2. The minimum absolute atomic E-state index is 0.104. The first-order valence-electron chi connectivity index (χ1n) is 11.7. The lowest BCUT2D eigenvalue weighted by molar-refractivity contribution is 0.232. The molecule has 4 heterocycles. The van der Waals surface area contributed by atoms with E-state index in [1.54, 1.807) is 0 Å². The van der Waals surface area contributed by atoms with Crippen LogP contribution in [0.5, 0.6) is 5.88 Å². The second-order valence-corrected chi connectivity index (χ2v) is 8.64. The molecule has 0 radical (unpaired) electrons. The second-order valence-electron chi connectivity index (χ2n) is 8.64. The Morgan fingerprint density at radius 3 is 2.84 bits per heavy atom. The summed E-state index contributed by atoms with van der Waals surface area (Å²) in [7, 11) is 0. The molecule has 2 N–H and O–H groups in total. The van der Waals surface area contributed by atoms with E-state index in [4.69, 9.17) is 9.72 Å². The number of aryl methyl sites for hydroxylation is 1. The molecular weight excluding hydrogens is 404 g/mol. The van der Waals surface area contributed by atoms with Gasteiger partial charge in [-0.1, -0.05) is 13.0 Å². The molecule has 0 aromatic carbocycles. The van der Waals surface area contributed by atoms with Crippen molar-refractivity contribution in [2.75, 3.05) is 23.4 Å². The average Bonchev–Trinajstić information content (AvgIpc) is 3.22. The molecule has 1 saturated heterocycles. The Morgan fingerprint density at radius 2 is 2.12 bits per heavy atom. The fourth-order valence-corrected chi connectivity index (χ4v) is 4.29. The quantitative estimate of drug-likeness (QED) is 0.525. The molecule has 3 aromatic rings. The largest absolute Gasteiger partial charge is 0.475 e. The predicted molar refractivity (Wildman–Crippen MR) is 126 cm³/mol. The first-order chi connectivity index (χ1) is 15.6. The van der Waals surface area contributed by atoms with Gasteiger partial charge in [-0.25, -0.2) is 9.97 Å². The fraction of sp³-hybridized carbons (Fsp3) is 0.542. The summed E-state index contributed by atoms with van der Waals surface area (Å²) in [4.78, 5) is 11.8. The normalized spacial score (nSPS) is 16.7. The third kappa shape index (κ3) is 4.96. The molecule has 1 aliphatic heterocycles. The molecule has 0 aliphatic carbocycles. The molecule has 8 heteroatoms. The molecule has 1 fully saturated rings. The maximum Gasteiger partial charge on any atom is 0.213 e. The number of nitrogens with zero attached hydrogens (tertiary/aromatic N) is 5. The van der Waals surface area contributed by atoms with Gasteiger partial charge in [0.2, 0.25) is 5.88 Å². The first-order valence-corrected chi connectivity index (χ1v) is 11.7. The Kier molecular flexibility index (Phi) is 7.09. The highest BCUT2D eigenvalue weighted by atomic mass is 16.5. The molecule has 0 amide bonds. The van der Waals surface area contributed by atoms with E-state index in [9.17, 15) is 5.11 Å². The van der Waals surface area contributed by atoms with Gasteiger partial charge in [-0.05, 0) is 51.5 Å². The molecule has 4 rings (SSSR count). The molecule has 172 valence electrons. The van der Waals surface area contributed by atoms with Crippen molar-refractivity contribution in [1.29, 1.82) is 0 Å². The molecule has 8 nitrogen and oxygen atoms in total. The number of aliphatic hydroxyl groups is 1. The van der Waals surface area contributed by atoms with Crippen LogP contribution in [0.25, 0.3) is 5.65 Å².